The second-order valence-electron chi connectivity index (χ2n) is 2.61. The van der Waals surface area contributed by atoms with Crippen LogP contribution in [0.3, 0.4) is 0 Å². The van der Waals surface area contributed by atoms with Gasteiger partial charge in [0, 0.05) is 18.8 Å². The van der Waals surface area contributed by atoms with E-state index < -0.39 is 0 Å². The minimum absolute atomic E-state index is 0.463. The second-order valence-corrected chi connectivity index (χ2v) is 2.61. The summed E-state index contributed by atoms with van der Waals surface area (Å²) in [4.78, 5) is 8.08. The first-order valence-corrected chi connectivity index (χ1v) is 3.78. The van der Waals surface area contributed by atoms with Gasteiger partial charge in [-0.1, -0.05) is 5.16 Å². The lowest BCUT2D eigenvalue weighted by molar-refractivity contribution is 0.394. The molecule has 0 bridgehead atoms. The van der Waals surface area contributed by atoms with Crippen molar-refractivity contribution < 1.29 is 4.52 Å². The van der Waals surface area contributed by atoms with Gasteiger partial charge >= 0.3 is 0 Å². The zero-order chi connectivity index (χ0) is 9.26. The third kappa shape index (κ3) is 1.48. The van der Waals surface area contributed by atoms with Crippen LogP contribution < -0.4 is 5.73 Å². The highest BCUT2D eigenvalue weighted by Gasteiger charge is 2.06. The van der Waals surface area contributed by atoms with Gasteiger partial charge in [-0.05, 0) is 12.1 Å². The summed E-state index contributed by atoms with van der Waals surface area (Å²) in [5, 5.41) is 3.72. The van der Waals surface area contributed by atoms with E-state index in [1.54, 1.807) is 25.3 Å². The zero-order valence-corrected chi connectivity index (χ0v) is 7.06. The summed E-state index contributed by atoms with van der Waals surface area (Å²) in [5.41, 5.74) is 6.83. The Kier molecular flexibility index (Phi) is 1.70. The lowest BCUT2D eigenvalue weighted by Crippen LogP contribution is -1.89. The Hall–Kier alpha value is -1.91. The van der Waals surface area contributed by atoms with Crippen LogP contribution in [0, 0.1) is 6.92 Å². The summed E-state index contributed by atoms with van der Waals surface area (Å²) >= 11 is 0. The van der Waals surface area contributed by atoms with Crippen LogP contribution in [0.4, 0.5) is 5.69 Å². The number of pyridine rings is 1. The molecule has 5 heteroatoms. The lowest BCUT2D eigenvalue weighted by Gasteiger charge is -1.93. The molecule has 0 aromatic carbocycles. The largest absolute Gasteiger partial charge is 0.399 e. The van der Waals surface area contributed by atoms with Gasteiger partial charge in [0.25, 0.3) is 0 Å². The molecule has 0 saturated heterocycles. The van der Waals surface area contributed by atoms with Crippen molar-refractivity contribution in [3.63, 3.8) is 0 Å². The molecular weight excluding hydrogens is 168 g/mol. The van der Waals surface area contributed by atoms with Gasteiger partial charge in [0.15, 0.2) is 0 Å². The molecule has 66 valence electrons. The quantitative estimate of drug-likeness (QED) is 0.701. The van der Waals surface area contributed by atoms with E-state index in [0.717, 1.165) is 0 Å². The summed E-state index contributed by atoms with van der Waals surface area (Å²) < 4.78 is 4.82. The number of aromatic nitrogens is 3. The van der Waals surface area contributed by atoms with Crippen LogP contribution in [0.5, 0.6) is 0 Å². The Bertz CT molecular complexity index is 424. The number of hydrogen-bond acceptors (Lipinski definition) is 5. The molecule has 13 heavy (non-hydrogen) atoms. The number of nitrogen functional groups attached to an aromatic ring is 1. The SMILES string of the molecule is Cc1nc(-c2cc(N)ccn2)no1. The van der Waals surface area contributed by atoms with Crippen LogP contribution in [0.2, 0.25) is 0 Å². The van der Waals surface area contributed by atoms with Crippen molar-refractivity contribution in [2.75, 3.05) is 5.73 Å². The number of hydrogen-bond donors (Lipinski definition) is 1. The molecule has 2 aromatic heterocycles. The van der Waals surface area contributed by atoms with E-state index in [-0.39, 0.29) is 0 Å². The summed E-state index contributed by atoms with van der Waals surface area (Å²) in [5.74, 6) is 0.976. The molecule has 0 saturated carbocycles. The van der Waals surface area contributed by atoms with E-state index in [9.17, 15) is 0 Å². The van der Waals surface area contributed by atoms with Gasteiger partial charge in [0.2, 0.25) is 11.7 Å². The van der Waals surface area contributed by atoms with Crippen LogP contribution >= 0.6 is 0 Å². The van der Waals surface area contributed by atoms with Crippen molar-refractivity contribution in [2.24, 2.45) is 0 Å². The zero-order valence-electron chi connectivity index (χ0n) is 7.06. The van der Waals surface area contributed by atoms with E-state index in [1.807, 2.05) is 0 Å². The monoisotopic (exact) mass is 176 g/mol. The van der Waals surface area contributed by atoms with E-state index in [1.165, 1.54) is 0 Å². The first-order valence-electron chi connectivity index (χ1n) is 3.78. The molecule has 0 unspecified atom stereocenters. The average Bonchev–Trinajstić information content (AvgIpc) is 2.52. The molecule has 2 heterocycles. The van der Waals surface area contributed by atoms with Gasteiger partial charge in [0.1, 0.15) is 5.69 Å². The van der Waals surface area contributed by atoms with E-state index in [2.05, 4.69) is 15.1 Å². The highest BCUT2D eigenvalue weighted by molar-refractivity contribution is 5.54. The normalized spacial score (nSPS) is 10.2. The molecule has 0 atom stereocenters. The number of aryl methyl sites for hydroxylation is 1. The van der Waals surface area contributed by atoms with Gasteiger partial charge < -0.3 is 10.3 Å². The minimum Gasteiger partial charge on any atom is -0.399 e. The predicted octanol–water partition coefficient (Wildman–Crippen LogP) is 1.02. The number of nitrogens with two attached hydrogens (primary N) is 1. The molecule has 2 aromatic rings. The summed E-state index contributed by atoms with van der Waals surface area (Å²) in [6, 6.07) is 3.40. The molecule has 0 spiro atoms. The Morgan fingerprint density at radius 2 is 2.31 bits per heavy atom. The molecule has 0 radical (unpaired) electrons. The van der Waals surface area contributed by atoms with Crippen LogP contribution in [0.1, 0.15) is 5.89 Å². The molecule has 5 nitrogen and oxygen atoms in total. The van der Waals surface area contributed by atoms with Crippen molar-refractivity contribution in [1.82, 2.24) is 15.1 Å². The molecule has 0 amide bonds. The smallest absolute Gasteiger partial charge is 0.223 e. The van der Waals surface area contributed by atoms with Crippen molar-refractivity contribution in [3.8, 4) is 11.5 Å². The van der Waals surface area contributed by atoms with Gasteiger partial charge in [-0.3, -0.25) is 4.98 Å². The lowest BCUT2D eigenvalue weighted by atomic mass is 10.3. The molecule has 0 aliphatic rings. The maximum atomic E-state index is 5.58. The van der Waals surface area contributed by atoms with Crippen LogP contribution in [0.25, 0.3) is 11.5 Å². The maximum absolute atomic E-state index is 5.58. The fourth-order valence-corrected chi connectivity index (χ4v) is 0.972. The topological polar surface area (TPSA) is 77.8 Å². The molecule has 0 aliphatic carbocycles. The first kappa shape index (κ1) is 7.72. The van der Waals surface area contributed by atoms with Gasteiger partial charge in [-0.15, -0.1) is 0 Å². The molecule has 2 N–H and O–H groups in total. The standard InChI is InChI=1S/C8H8N4O/c1-5-11-8(12-13-5)7-4-6(9)2-3-10-7/h2-4H,1H3,(H2,9,10). The van der Waals surface area contributed by atoms with E-state index in [0.29, 0.717) is 23.1 Å². The fourth-order valence-electron chi connectivity index (χ4n) is 0.972. The summed E-state index contributed by atoms with van der Waals surface area (Å²) in [6.45, 7) is 1.72. The first-order chi connectivity index (χ1) is 6.25. The Labute approximate surface area is 74.6 Å². The minimum atomic E-state index is 0.463. The Morgan fingerprint density at radius 3 is 2.92 bits per heavy atom. The number of rotatable bonds is 1. The maximum Gasteiger partial charge on any atom is 0.223 e. The molecule has 2 rings (SSSR count). The van der Waals surface area contributed by atoms with Gasteiger partial charge in [-0.2, -0.15) is 4.98 Å². The predicted molar refractivity (Wildman–Crippen MR) is 46.7 cm³/mol. The second kappa shape index (κ2) is 2.85. The van der Waals surface area contributed by atoms with Crippen molar-refractivity contribution >= 4 is 5.69 Å². The van der Waals surface area contributed by atoms with Crippen LogP contribution in [0.15, 0.2) is 22.9 Å². The van der Waals surface area contributed by atoms with Crippen molar-refractivity contribution in [1.29, 1.82) is 0 Å². The van der Waals surface area contributed by atoms with E-state index >= 15 is 0 Å². The number of nitrogens with zero attached hydrogens (tertiary/aromatic N) is 3. The Balaban J connectivity index is 2.46. The van der Waals surface area contributed by atoms with Gasteiger partial charge in [-0.25, -0.2) is 0 Å². The third-order valence-corrected chi connectivity index (χ3v) is 1.54. The molecular formula is C8H8N4O. The van der Waals surface area contributed by atoms with Crippen LogP contribution in [-0.2, 0) is 0 Å². The number of anilines is 1. The highest BCUT2D eigenvalue weighted by Crippen LogP contribution is 2.14. The summed E-state index contributed by atoms with van der Waals surface area (Å²) in [6.07, 6.45) is 1.61. The van der Waals surface area contributed by atoms with Gasteiger partial charge in [0.05, 0.1) is 0 Å². The highest BCUT2D eigenvalue weighted by atomic mass is 16.5. The summed E-state index contributed by atoms with van der Waals surface area (Å²) in [7, 11) is 0. The molecule has 0 aliphatic heterocycles. The van der Waals surface area contributed by atoms with E-state index in [4.69, 9.17) is 10.3 Å². The van der Waals surface area contributed by atoms with Crippen LogP contribution in [-0.4, -0.2) is 15.1 Å². The third-order valence-electron chi connectivity index (χ3n) is 1.54. The average molecular weight is 176 g/mol. The molecule has 0 fully saturated rings. The fraction of sp³-hybridized carbons (Fsp3) is 0.125. The Morgan fingerprint density at radius 1 is 1.46 bits per heavy atom. The van der Waals surface area contributed by atoms with Crippen molar-refractivity contribution in [3.05, 3.63) is 24.2 Å². The van der Waals surface area contributed by atoms with Crippen molar-refractivity contribution in [2.45, 2.75) is 6.92 Å².